The summed E-state index contributed by atoms with van der Waals surface area (Å²) in [5.41, 5.74) is 3.90. The van der Waals surface area contributed by atoms with Crippen LogP contribution in [0.4, 0.5) is 0 Å². The first-order valence-electron chi connectivity index (χ1n) is 10.5. The van der Waals surface area contributed by atoms with Crippen LogP contribution in [0.25, 0.3) is 11.3 Å². The lowest BCUT2D eigenvalue weighted by molar-refractivity contribution is -0.136. The van der Waals surface area contributed by atoms with Crippen LogP contribution in [0.15, 0.2) is 24.3 Å². The highest BCUT2D eigenvalue weighted by molar-refractivity contribution is 6.30. The summed E-state index contributed by atoms with van der Waals surface area (Å²) in [5.74, 6) is -0.0880. The molecule has 160 valence electrons. The van der Waals surface area contributed by atoms with Crippen LogP contribution in [-0.2, 0) is 22.6 Å². The predicted molar refractivity (Wildman–Crippen MR) is 116 cm³/mol. The van der Waals surface area contributed by atoms with E-state index in [4.69, 9.17) is 11.6 Å². The first-order valence-corrected chi connectivity index (χ1v) is 10.8. The summed E-state index contributed by atoms with van der Waals surface area (Å²) in [6.07, 6.45) is 1.98. The third-order valence-electron chi connectivity index (χ3n) is 5.94. The van der Waals surface area contributed by atoms with Crippen molar-refractivity contribution in [3.8, 4) is 11.3 Å². The van der Waals surface area contributed by atoms with Crippen LogP contribution in [0.3, 0.4) is 0 Å². The van der Waals surface area contributed by atoms with Crippen molar-refractivity contribution in [2.45, 2.75) is 25.8 Å². The number of H-pyrrole nitrogens is 1. The summed E-state index contributed by atoms with van der Waals surface area (Å²) in [4.78, 5) is 31.4. The number of nitrogens with zero attached hydrogens (tertiary/aromatic N) is 4. The van der Waals surface area contributed by atoms with E-state index >= 15 is 0 Å². The van der Waals surface area contributed by atoms with E-state index in [1.54, 1.807) is 0 Å². The van der Waals surface area contributed by atoms with Crippen LogP contribution in [0.5, 0.6) is 0 Å². The van der Waals surface area contributed by atoms with Gasteiger partial charge in [-0.05, 0) is 39.2 Å². The monoisotopic (exact) mass is 429 g/mol. The molecule has 1 unspecified atom stereocenters. The second kappa shape index (κ2) is 8.78. The lowest BCUT2D eigenvalue weighted by Gasteiger charge is -2.29. The second-order valence-electron chi connectivity index (χ2n) is 8.45. The molecule has 1 fully saturated rings. The van der Waals surface area contributed by atoms with E-state index < -0.39 is 0 Å². The molecule has 3 heterocycles. The van der Waals surface area contributed by atoms with E-state index in [0.717, 1.165) is 41.9 Å². The van der Waals surface area contributed by atoms with Gasteiger partial charge in [-0.15, -0.1) is 0 Å². The lowest BCUT2D eigenvalue weighted by atomic mass is 9.99. The Balaban J connectivity index is 1.43. The van der Waals surface area contributed by atoms with E-state index in [1.807, 2.05) is 48.2 Å². The molecule has 2 aliphatic rings. The molecule has 1 atom stereocenters. The topological polar surface area (TPSA) is 72.5 Å². The van der Waals surface area contributed by atoms with Crippen LogP contribution in [0, 0.1) is 5.92 Å². The number of fused-ring (bicyclic) bond motifs is 1. The zero-order valence-electron chi connectivity index (χ0n) is 17.5. The molecule has 1 saturated heterocycles. The van der Waals surface area contributed by atoms with Gasteiger partial charge in [0, 0.05) is 60.9 Å². The summed E-state index contributed by atoms with van der Waals surface area (Å²) >= 11 is 6.15. The van der Waals surface area contributed by atoms with Gasteiger partial charge in [0.05, 0.1) is 11.6 Å². The van der Waals surface area contributed by atoms with Gasteiger partial charge in [0.1, 0.15) is 0 Å². The number of benzene rings is 1. The fourth-order valence-corrected chi connectivity index (χ4v) is 4.54. The molecular formula is C22H28ClN5O2. The first kappa shape index (κ1) is 20.9. The van der Waals surface area contributed by atoms with E-state index in [-0.39, 0.29) is 17.7 Å². The number of aromatic amines is 1. The maximum Gasteiger partial charge on any atom is 0.228 e. The molecule has 2 amide bonds. The van der Waals surface area contributed by atoms with Crippen molar-refractivity contribution >= 4 is 23.4 Å². The first-order chi connectivity index (χ1) is 14.4. The second-order valence-corrected chi connectivity index (χ2v) is 8.88. The number of nitrogens with one attached hydrogen (secondary N) is 1. The number of amides is 2. The molecule has 0 saturated carbocycles. The van der Waals surface area contributed by atoms with Gasteiger partial charge < -0.3 is 14.7 Å². The van der Waals surface area contributed by atoms with E-state index in [2.05, 4.69) is 15.1 Å². The Morgan fingerprint density at radius 2 is 2.20 bits per heavy atom. The summed E-state index contributed by atoms with van der Waals surface area (Å²) in [6.45, 7) is 3.34. The highest BCUT2D eigenvalue weighted by Gasteiger charge is 2.37. The molecular weight excluding hydrogens is 402 g/mol. The molecule has 30 heavy (non-hydrogen) atoms. The fourth-order valence-electron chi connectivity index (χ4n) is 4.35. The number of hydrogen-bond donors (Lipinski definition) is 1. The molecule has 0 aliphatic carbocycles. The van der Waals surface area contributed by atoms with Gasteiger partial charge in [0.25, 0.3) is 0 Å². The molecule has 4 rings (SSSR count). The lowest BCUT2D eigenvalue weighted by Crippen LogP contribution is -2.40. The normalized spacial score (nSPS) is 18.9. The number of likely N-dealkylation sites (tertiary alicyclic amines) is 1. The molecule has 0 spiro atoms. The van der Waals surface area contributed by atoms with Crippen molar-refractivity contribution in [3.63, 3.8) is 0 Å². The minimum absolute atomic E-state index is 0.0716. The Hall–Kier alpha value is -2.38. The Bertz CT molecular complexity index is 941. The van der Waals surface area contributed by atoms with Crippen LogP contribution >= 0.6 is 11.6 Å². The maximum absolute atomic E-state index is 13.2. The minimum atomic E-state index is -0.250. The molecule has 0 radical (unpaired) electrons. The van der Waals surface area contributed by atoms with Gasteiger partial charge in [-0.3, -0.25) is 14.7 Å². The Morgan fingerprint density at radius 3 is 2.97 bits per heavy atom. The van der Waals surface area contributed by atoms with Gasteiger partial charge in [0.2, 0.25) is 11.8 Å². The van der Waals surface area contributed by atoms with Gasteiger partial charge in [-0.1, -0.05) is 23.7 Å². The zero-order valence-corrected chi connectivity index (χ0v) is 18.3. The van der Waals surface area contributed by atoms with Crippen LogP contribution in [0.2, 0.25) is 5.02 Å². The Morgan fingerprint density at radius 1 is 1.37 bits per heavy atom. The third-order valence-corrected chi connectivity index (χ3v) is 6.18. The van der Waals surface area contributed by atoms with Crippen molar-refractivity contribution in [1.82, 2.24) is 24.9 Å². The Kier molecular flexibility index (Phi) is 6.11. The zero-order chi connectivity index (χ0) is 21.3. The summed E-state index contributed by atoms with van der Waals surface area (Å²) < 4.78 is 0. The van der Waals surface area contributed by atoms with E-state index in [0.29, 0.717) is 37.6 Å². The number of carbonyl (C=O) groups excluding carboxylic acids is 2. The smallest absolute Gasteiger partial charge is 0.228 e. The molecule has 0 bridgehead atoms. The van der Waals surface area contributed by atoms with Crippen LogP contribution in [0.1, 0.15) is 24.1 Å². The number of carbonyl (C=O) groups is 2. The average Bonchev–Trinajstić information content (AvgIpc) is 3.30. The average molecular weight is 430 g/mol. The number of hydrogen-bond acceptors (Lipinski definition) is 4. The minimum Gasteiger partial charge on any atom is -0.342 e. The molecule has 8 heteroatoms. The van der Waals surface area contributed by atoms with Gasteiger partial charge >= 0.3 is 0 Å². The fraction of sp³-hybridized carbons (Fsp3) is 0.500. The van der Waals surface area contributed by atoms with Gasteiger partial charge in [-0.25, -0.2) is 0 Å². The summed E-state index contributed by atoms with van der Waals surface area (Å²) in [7, 11) is 4.05. The number of aromatic nitrogens is 2. The van der Waals surface area contributed by atoms with Gasteiger partial charge in [-0.2, -0.15) is 5.10 Å². The van der Waals surface area contributed by atoms with E-state index in [9.17, 15) is 9.59 Å². The predicted octanol–water partition coefficient (Wildman–Crippen LogP) is 2.42. The third kappa shape index (κ3) is 4.37. The van der Waals surface area contributed by atoms with Crippen molar-refractivity contribution < 1.29 is 9.59 Å². The van der Waals surface area contributed by atoms with Crippen molar-refractivity contribution in [1.29, 1.82) is 0 Å². The molecule has 1 aromatic heterocycles. The summed E-state index contributed by atoms with van der Waals surface area (Å²) in [5, 5.41) is 8.27. The SMILES string of the molecule is CN(C)CCCN1CC(C(=O)N2CCc3[nH]nc(-c4cccc(Cl)c4)c3C2)CC1=O. The van der Waals surface area contributed by atoms with Crippen LogP contribution < -0.4 is 0 Å². The highest BCUT2D eigenvalue weighted by atomic mass is 35.5. The Labute approximate surface area is 182 Å². The molecule has 2 aromatic rings. The largest absolute Gasteiger partial charge is 0.342 e. The molecule has 1 aromatic carbocycles. The van der Waals surface area contributed by atoms with Gasteiger partial charge in [0.15, 0.2) is 0 Å². The van der Waals surface area contributed by atoms with Crippen LogP contribution in [-0.4, -0.2) is 77.0 Å². The molecule has 1 N–H and O–H groups in total. The van der Waals surface area contributed by atoms with Crippen molar-refractivity contribution in [3.05, 3.63) is 40.5 Å². The quantitative estimate of drug-likeness (QED) is 0.765. The maximum atomic E-state index is 13.2. The van der Waals surface area contributed by atoms with Crippen molar-refractivity contribution in [2.75, 3.05) is 40.3 Å². The molecule has 2 aliphatic heterocycles. The standard InChI is InChI=1S/C22H28ClN5O2/c1-26(2)8-4-9-27-13-16(12-20(27)29)22(30)28-10-7-19-18(14-28)21(25-24-19)15-5-3-6-17(23)11-15/h3,5-6,11,16H,4,7-10,12-14H2,1-2H3,(H,24,25). The molecule has 7 nitrogen and oxygen atoms in total. The number of rotatable bonds is 6. The number of halogens is 1. The van der Waals surface area contributed by atoms with E-state index in [1.165, 1.54) is 0 Å². The highest BCUT2D eigenvalue weighted by Crippen LogP contribution is 2.31. The van der Waals surface area contributed by atoms with Crippen molar-refractivity contribution in [2.24, 2.45) is 5.92 Å². The summed E-state index contributed by atoms with van der Waals surface area (Å²) in [6, 6.07) is 7.60.